The van der Waals surface area contributed by atoms with E-state index in [4.69, 9.17) is 4.42 Å². The summed E-state index contributed by atoms with van der Waals surface area (Å²) in [6, 6.07) is 20.7. The Balaban J connectivity index is 1.48. The molecule has 5 nitrogen and oxygen atoms in total. The molecule has 1 heterocycles. The van der Waals surface area contributed by atoms with Crippen molar-refractivity contribution in [3.63, 3.8) is 0 Å². The van der Waals surface area contributed by atoms with Gasteiger partial charge in [-0.15, -0.1) is 0 Å². The molecule has 0 fully saturated rings. The summed E-state index contributed by atoms with van der Waals surface area (Å²) in [4.78, 5) is 24.7. The van der Waals surface area contributed by atoms with Crippen LogP contribution in [0.15, 0.2) is 77.4 Å². The number of para-hydroxylation sites is 1. The number of benzene rings is 2. The van der Waals surface area contributed by atoms with E-state index in [9.17, 15) is 9.59 Å². The molecule has 0 aliphatic rings. The molecule has 6 heteroatoms. The highest BCUT2D eigenvalue weighted by atomic mass is 32.2. The van der Waals surface area contributed by atoms with Gasteiger partial charge in [-0.3, -0.25) is 9.59 Å². The third-order valence-electron chi connectivity index (χ3n) is 4.03. The van der Waals surface area contributed by atoms with E-state index in [-0.39, 0.29) is 11.8 Å². The Bertz CT molecular complexity index is 895. The van der Waals surface area contributed by atoms with Crippen LogP contribution in [0.1, 0.15) is 28.1 Å². The minimum absolute atomic E-state index is 0.105. The number of furan rings is 1. The predicted molar refractivity (Wildman–Crippen MR) is 112 cm³/mol. The second-order valence-corrected chi connectivity index (χ2v) is 7.25. The van der Waals surface area contributed by atoms with Gasteiger partial charge in [0, 0.05) is 17.9 Å². The quantitative estimate of drug-likeness (QED) is 0.525. The van der Waals surface area contributed by atoms with E-state index in [1.54, 1.807) is 54.4 Å². The van der Waals surface area contributed by atoms with Gasteiger partial charge in [0.05, 0.1) is 24.1 Å². The van der Waals surface area contributed by atoms with Gasteiger partial charge in [0.2, 0.25) is 5.91 Å². The Hall–Kier alpha value is -2.99. The molecule has 2 aromatic carbocycles. The normalized spacial score (nSPS) is 10.4. The minimum Gasteiger partial charge on any atom is -0.467 e. The SMILES string of the molecule is O=C(CCSCc1ccccc1)Nc1ccccc1C(=O)NCc1ccco1. The van der Waals surface area contributed by atoms with E-state index < -0.39 is 0 Å². The first kappa shape index (κ1) is 19.8. The number of thioether (sulfide) groups is 1. The van der Waals surface area contributed by atoms with Crippen LogP contribution >= 0.6 is 11.8 Å². The fourth-order valence-corrected chi connectivity index (χ4v) is 3.51. The Morgan fingerprint density at radius 1 is 0.929 bits per heavy atom. The zero-order valence-corrected chi connectivity index (χ0v) is 16.2. The molecule has 144 valence electrons. The van der Waals surface area contributed by atoms with Crippen molar-refractivity contribution in [2.24, 2.45) is 0 Å². The molecule has 0 unspecified atom stereocenters. The largest absolute Gasteiger partial charge is 0.467 e. The lowest BCUT2D eigenvalue weighted by molar-refractivity contribution is -0.115. The Morgan fingerprint density at radius 3 is 2.50 bits per heavy atom. The first-order chi connectivity index (χ1) is 13.7. The van der Waals surface area contributed by atoms with Crippen LogP contribution < -0.4 is 10.6 Å². The van der Waals surface area contributed by atoms with Crippen LogP contribution in [0, 0.1) is 0 Å². The fourth-order valence-electron chi connectivity index (χ4n) is 2.61. The molecule has 0 saturated carbocycles. The van der Waals surface area contributed by atoms with Gasteiger partial charge < -0.3 is 15.1 Å². The lowest BCUT2D eigenvalue weighted by Gasteiger charge is -2.11. The van der Waals surface area contributed by atoms with Crippen LogP contribution in [-0.2, 0) is 17.1 Å². The van der Waals surface area contributed by atoms with Crippen molar-refractivity contribution in [2.45, 2.75) is 18.7 Å². The van der Waals surface area contributed by atoms with E-state index in [1.165, 1.54) is 5.56 Å². The van der Waals surface area contributed by atoms with Gasteiger partial charge in [0.1, 0.15) is 5.76 Å². The molecule has 0 aliphatic heterocycles. The van der Waals surface area contributed by atoms with Gasteiger partial charge in [0.25, 0.3) is 5.91 Å². The molecule has 0 atom stereocenters. The van der Waals surface area contributed by atoms with E-state index in [0.29, 0.717) is 35.7 Å². The number of hydrogen-bond acceptors (Lipinski definition) is 4. The van der Waals surface area contributed by atoms with Crippen molar-refractivity contribution in [1.29, 1.82) is 0 Å². The smallest absolute Gasteiger partial charge is 0.253 e. The third kappa shape index (κ3) is 6.03. The maximum absolute atomic E-state index is 12.5. The molecule has 1 aromatic heterocycles. The summed E-state index contributed by atoms with van der Waals surface area (Å²) >= 11 is 1.71. The van der Waals surface area contributed by atoms with E-state index in [1.807, 2.05) is 18.2 Å². The summed E-state index contributed by atoms with van der Waals surface area (Å²) in [5.74, 6) is 1.90. The molecule has 2 amide bonds. The number of anilines is 1. The van der Waals surface area contributed by atoms with Gasteiger partial charge >= 0.3 is 0 Å². The van der Waals surface area contributed by atoms with Gasteiger partial charge in [-0.25, -0.2) is 0 Å². The Morgan fingerprint density at radius 2 is 1.71 bits per heavy atom. The second-order valence-electron chi connectivity index (χ2n) is 6.14. The van der Waals surface area contributed by atoms with Crippen molar-refractivity contribution in [2.75, 3.05) is 11.1 Å². The maximum Gasteiger partial charge on any atom is 0.253 e. The molecule has 0 spiro atoms. The highest BCUT2D eigenvalue weighted by Gasteiger charge is 2.13. The topological polar surface area (TPSA) is 71.3 Å². The highest BCUT2D eigenvalue weighted by Crippen LogP contribution is 2.17. The summed E-state index contributed by atoms with van der Waals surface area (Å²) in [5, 5.41) is 5.64. The molecular weight excluding hydrogens is 372 g/mol. The number of nitrogens with one attached hydrogen (secondary N) is 2. The Labute approximate surface area is 168 Å². The minimum atomic E-state index is -0.259. The summed E-state index contributed by atoms with van der Waals surface area (Å²) in [5.41, 5.74) is 2.18. The molecule has 0 bridgehead atoms. The van der Waals surface area contributed by atoms with Gasteiger partial charge in [-0.1, -0.05) is 42.5 Å². The predicted octanol–water partition coefficient (Wildman–Crippen LogP) is 4.47. The monoisotopic (exact) mass is 394 g/mol. The molecule has 2 N–H and O–H groups in total. The van der Waals surface area contributed by atoms with Crippen molar-refractivity contribution in [1.82, 2.24) is 5.32 Å². The zero-order valence-electron chi connectivity index (χ0n) is 15.4. The standard InChI is InChI=1S/C22H22N2O3S/c25-21(12-14-28-16-17-7-2-1-3-8-17)24-20-11-5-4-10-19(20)22(26)23-15-18-9-6-13-27-18/h1-11,13H,12,14-16H2,(H,23,26)(H,24,25). The molecule has 0 aliphatic carbocycles. The maximum atomic E-state index is 12.5. The summed E-state index contributed by atoms with van der Waals surface area (Å²) in [6.07, 6.45) is 1.95. The van der Waals surface area contributed by atoms with Crippen LogP contribution in [-0.4, -0.2) is 17.6 Å². The molecular formula is C22H22N2O3S. The molecule has 28 heavy (non-hydrogen) atoms. The van der Waals surface area contributed by atoms with Crippen LogP contribution in [0.3, 0.4) is 0 Å². The molecule has 3 rings (SSSR count). The van der Waals surface area contributed by atoms with Crippen LogP contribution in [0.25, 0.3) is 0 Å². The van der Waals surface area contributed by atoms with Gasteiger partial charge in [-0.2, -0.15) is 11.8 Å². The molecule has 0 radical (unpaired) electrons. The fraction of sp³-hybridized carbons (Fsp3) is 0.182. The van der Waals surface area contributed by atoms with E-state index >= 15 is 0 Å². The van der Waals surface area contributed by atoms with Crippen molar-refractivity contribution < 1.29 is 14.0 Å². The van der Waals surface area contributed by atoms with Crippen molar-refractivity contribution >= 4 is 29.3 Å². The number of hydrogen-bond donors (Lipinski definition) is 2. The number of carbonyl (C=O) groups excluding carboxylic acids is 2. The van der Waals surface area contributed by atoms with Crippen LogP contribution in [0.5, 0.6) is 0 Å². The van der Waals surface area contributed by atoms with Crippen molar-refractivity contribution in [3.05, 3.63) is 89.9 Å². The number of rotatable bonds is 9. The second kappa shape index (κ2) is 10.4. The number of amides is 2. The zero-order chi connectivity index (χ0) is 19.6. The number of carbonyl (C=O) groups is 2. The average Bonchev–Trinajstić information content (AvgIpc) is 3.24. The first-order valence-electron chi connectivity index (χ1n) is 9.03. The van der Waals surface area contributed by atoms with Gasteiger partial charge in [-0.05, 0) is 29.8 Å². The Kier molecular flexibility index (Phi) is 7.32. The average molecular weight is 394 g/mol. The third-order valence-corrected chi connectivity index (χ3v) is 5.06. The molecule has 3 aromatic rings. The molecule has 0 saturated heterocycles. The first-order valence-corrected chi connectivity index (χ1v) is 10.2. The van der Waals surface area contributed by atoms with Crippen LogP contribution in [0.4, 0.5) is 5.69 Å². The van der Waals surface area contributed by atoms with E-state index in [0.717, 1.165) is 5.75 Å². The van der Waals surface area contributed by atoms with E-state index in [2.05, 4.69) is 22.8 Å². The lowest BCUT2D eigenvalue weighted by atomic mass is 10.1. The highest BCUT2D eigenvalue weighted by molar-refractivity contribution is 7.98. The van der Waals surface area contributed by atoms with Crippen molar-refractivity contribution in [3.8, 4) is 0 Å². The van der Waals surface area contributed by atoms with Crippen LogP contribution in [0.2, 0.25) is 0 Å². The summed E-state index contributed by atoms with van der Waals surface area (Å²) < 4.78 is 5.21. The summed E-state index contributed by atoms with van der Waals surface area (Å²) in [7, 11) is 0. The lowest BCUT2D eigenvalue weighted by Crippen LogP contribution is -2.24. The van der Waals surface area contributed by atoms with Gasteiger partial charge in [0.15, 0.2) is 0 Å². The summed E-state index contributed by atoms with van der Waals surface area (Å²) in [6.45, 7) is 0.296.